The predicted molar refractivity (Wildman–Crippen MR) is 95.4 cm³/mol. The lowest BCUT2D eigenvalue weighted by atomic mass is 9.93. The van der Waals surface area contributed by atoms with Crippen LogP contribution in [0, 0.1) is 0 Å². The SMILES string of the molecule is CC(=O)c1cc(=O)[nH]c2cc(NC3C(C)OC(CO)C(O)C3O)ccc12. The number of anilines is 1. The van der Waals surface area contributed by atoms with Crippen LogP contribution in [0.15, 0.2) is 29.1 Å². The standard InChI is InChI=1S/C18H22N2O6/c1-8(22)12-6-15(23)20-13-5-10(3-4-11(12)13)19-16-9(2)26-14(7-21)17(24)18(16)25/h3-6,9,14,16-19,21,24-25H,7H2,1-2H3,(H,20,23). The number of benzene rings is 1. The van der Waals surface area contributed by atoms with Crippen molar-refractivity contribution >= 4 is 22.4 Å². The number of carbonyl (C=O) groups excluding carboxylic acids is 1. The molecule has 2 aromatic rings. The Hall–Kier alpha value is -2.26. The van der Waals surface area contributed by atoms with Gasteiger partial charge in [-0.2, -0.15) is 0 Å². The average molecular weight is 362 g/mol. The van der Waals surface area contributed by atoms with Crippen LogP contribution in [-0.2, 0) is 4.74 Å². The molecule has 0 bridgehead atoms. The van der Waals surface area contributed by atoms with Gasteiger partial charge in [0.1, 0.15) is 18.3 Å². The number of hydrogen-bond donors (Lipinski definition) is 5. The molecule has 1 fully saturated rings. The van der Waals surface area contributed by atoms with E-state index in [9.17, 15) is 24.9 Å². The monoisotopic (exact) mass is 362 g/mol. The molecular weight excluding hydrogens is 340 g/mol. The largest absolute Gasteiger partial charge is 0.394 e. The molecule has 1 aromatic carbocycles. The molecule has 3 rings (SSSR count). The number of rotatable bonds is 4. The number of H-pyrrole nitrogens is 1. The van der Waals surface area contributed by atoms with Gasteiger partial charge < -0.3 is 30.4 Å². The lowest BCUT2D eigenvalue weighted by molar-refractivity contribution is -0.180. The molecule has 0 saturated carbocycles. The number of ether oxygens (including phenoxy) is 1. The van der Waals surface area contributed by atoms with Crippen LogP contribution < -0.4 is 10.9 Å². The third-order valence-corrected chi connectivity index (χ3v) is 4.73. The summed E-state index contributed by atoms with van der Waals surface area (Å²) in [7, 11) is 0. The van der Waals surface area contributed by atoms with E-state index in [1.165, 1.54) is 13.0 Å². The minimum Gasteiger partial charge on any atom is -0.394 e. The third kappa shape index (κ3) is 3.36. The Bertz CT molecular complexity index is 880. The highest BCUT2D eigenvalue weighted by Crippen LogP contribution is 2.26. The average Bonchev–Trinajstić information content (AvgIpc) is 2.60. The van der Waals surface area contributed by atoms with E-state index in [-0.39, 0.29) is 17.9 Å². The summed E-state index contributed by atoms with van der Waals surface area (Å²) in [6, 6.07) is 5.74. The zero-order valence-electron chi connectivity index (χ0n) is 14.5. The van der Waals surface area contributed by atoms with E-state index in [1.807, 2.05) is 0 Å². The van der Waals surface area contributed by atoms with Gasteiger partial charge in [-0.15, -0.1) is 0 Å². The molecule has 5 unspecified atom stereocenters. The fourth-order valence-electron chi connectivity index (χ4n) is 3.34. The van der Waals surface area contributed by atoms with Crippen molar-refractivity contribution in [3.63, 3.8) is 0 Å². The Morgan fingerprint density at radius 3 is 2.65 bits per heavy atom. The van der Waals surface area contributed by atoms with E-state index in [0.717, 1.165) is 0 Å². The van der Waals surface area contributed by atoms with Crippen LogP contribution in [0.2, 0.25) is 0 Å². The summed E-state index contributed by atoms with van der Waals surface area (Å²) < 4.78 is 5.54. The normalized spacial score (nSPS) is 28.9. The van der Waals surface area contributed by atoms with Crippen molar-refractivity contribution < 1.29 is 24.9 Å². The first-order valence-electron chi connectivity index (χ1n) is 8.39. The maximum absolute atomic E-state index is 11.8. The number of fused-ring (bicyclic) bond motifs is 1. The van der Waals surface area contributed by atoms with Crippen LogP contribution in [-0.4, -0.2) is 63.2 Å². The Kier molecular flexibility index (Phi) is 5.10. The van der Waals surface area contributed by atoms with Crippen molar-refractivity contribution in [2.45, 2.75) is 44.3 Å². The molecule has 5 N–H and O–H groups in total. The molecule has 1 aromatic heterocycles. The predicted octanol–water partition coefficient (Wildman–Crippen LogP) is 0.0126. The number of aliphatic hydroxyl groups is 3. The van der Waals surface area contributed by atoms with Crippen molar-refractivity contribution in [2.24, 2.45) is 0 Å². The summed E-state index contributed by atoms with van der Waals surface area (Å²) in [6.07, 6.45) is -3.68. The van der Waals surface area contributed by atoms with Gasteiger partial charge in [-0.25, -0.2) is 0 Å². The summed E-state index contributed by atoms with van der Waals surface area (Å²) in [6.45, 7) is 2.74. The summed E-state index contributed by atoms with van der Waals surface area (Å²) in [5, 5.41) is 33.3. The van der Waals surface area contributed by atoms with E-state index in [1.54, 1.807) is 25.1 Å². The molecule has 140 valence electrons. The van der Waals surface area contributed by atoms with E-state index in [4.69, 9.17) is 4.74 Å². The molecule has 1 aliphatic rings. The summed E-state index contributed by atoms with van der Waals surface area (Å²) in [5.74, 6) is -0.204. The number of aliphatic hydroxyl groups excluding tert-OH is 3. The molecule has 2 heterocycles. The van der Waals surface area contributed by atoms with Crippen LogP contribution in [0.25, 0.3) is 10.9 Å². The van der Waals surface area contributed by atoms with E-state index in [2.05, 4.69) is 10.3 Å². The number of aromatic nitrogens is 1. The van der Waals surface area contributed by atoms with Gasteiger partial charge in [-0.1, -0.05) is 6.07 Å². The van der Waals surface area contributed by atoms with Crippen LogP contribution in [0.3, 0.4) is 0 Å². The number of hydrogen-bond acceptors (Lipinski definition) is 7. The zero-order valence-corrected chi connectivity index (χ0v) is 14.5. The van der Waals surface area contributed by atoms with Gasteiger partial charge in [0.25, 0.3) is 0 Å². The first kappa shape index (κ1) is 18.5. The molecule has 8 heteroatoms. The third-order valence-electron chi connectivity index (χ3n) is 4.73. The number of carbonyl (C=O) groups is 1. The maximum atomic E-state index is 11.8. The first-order chi connectivity index (χ1) is 12.3. The van der Waals surface area contributed by atoms with Gasteiger partial charge in [0.05, 0.1) is 24.3 Å². The molecule has 5 atom stereocenters. The molecule has 0 radical (unpaired) electrons. The quantitative estimate of drug-likeness (QED) is 0.484. The van der Waals surface area contributed by atoms with Crippen LogP contribution in [0.4, 0.5) is 5.69 Å². The molecular formula is C18H22N2O6. The Morgan fingerprint density at radius 1 is 1.27 bits per heavy atom. The molecule has 1 aliphatic heterocycles. The van der Waals surface area contributed by atoms with Crippen molar-refractivity contribution in [1.82, 2.24) is 4.98 Å². The summed E-state index contributed by atoms with van der Waals surface area (Å²) in [5.41, 5.74) is 1.03. The molecule has 0 spiro atoms. The Balaban J connectivity index is 1.92. The second kappa shape index (κ2) is 7.16. The van der Waals surface area contributed by atoms with Gasteiger partial charge >= 0.3 is 0 Å². The molecule has 1 saturated heterocycles. The fraction of sp³-hybridized carbons (Fsp3) is 0.444. The Morgan fingerprint density at radius 2 is 2.00 bits per heavy atom. The topological polar surface area (TPSA) is 132 Å². The van der Waals surface area contributed by atoms with Gasteiger partial charge in [-0.05, 0) is 26.0 Å². The summed E-state index contributed by atoms with van der Waals surface area (Å²) in [4.78, 5) is 26.2. The highest BCUT2D eigenvalue weighted by molar-refractivity contribution is 6.06. The van der Waals surface area contributed by atoms with Crippen molar-refractivity contribution in [3.05, 3.63) is 40.2 Å². The fourth-order valence-corrected chi connectivity index (χ4v) is 3.34. The lowest BCUT2D eigenvalue weighted by Crippen LogP contribution is -2.60. The minimum absolute atomic E-state index is 0.204. The van der Waals surface area contributed by atoms with Crippen molar-refractivity contribution in [1.29, 1.82) is 0 Å². The van der Waals surface area contributed by atoms with Crippen LogP contribution in [0.1, 0.15) is 24.2 Å². The van der Waals surface area contributed by atoms with E-state index < -0.39 is 30.5 Å². The zero-order chi connectivity index (χ0) is 19.0. The van der Waals surface area contributed by atoms with Gasteiger partial charge in [0.2, 0.25) is 5.56 Å². The first-order valence-corrected chi connectivity index (χ1v) is 8.39. The van der Waals surface area contributed by atoms with Crippen molar-refractivity contribution in [2.75, 3.05) is 11.9 Å². The second-order valence-electron chi connectivity index (χ2n) is 6.58. The Labute approximate surface area is 149 Å². The van der Waals surface area contributed by atoms with Gasteiger partial charge in [0.15, 0.2) is 5.78 Å². The molecule has 0 amide bonds. The second-order valence-corrected chi connectivity index (χ2v) is 6.58. The maximum Gasteiger partial charge on any atom is 0.249 e. The molecule has 26 heavy (non-hydrogen) atoms. The van der Waals surface area contributed by atoms with Crippen LogP contribution >= 0.6 is 0 Å². The number of nitrogens with one attached hydrogen (secondary N) is 2. The lowest BCUT2D eigenvalue weighted by Gasteiger charge is -2.41. The molecule has 8 nitrogen and oxygen atoms in total. The van der Waals surface area contributed by atoms with E-state index in [0.29, 0.717) is 22.2 Å². The highest BCUT2D eigenvalue weighted by Gasteiger charge is 2.42. The van der Waals surface area contributed by atoms with Crippen molar-refractivity contribution in [3.8, 4) is 0 Å². The van der Waals surface area contributed by atoms with Gasteiger partial charge in [-0.3, -0.25) is 9.59 Å². The minimum atomic E-state index is -1.22. The number of Topliss-reactive ketones (excluding diaryl/α,β-unsaturated/α-hetero) is 1. The van der Waals surface area contributed by atoms with E-state index >= 15 is 0 Å². The number of aromatic amines is 1. The van der Waals surface area contributed by atoms with Crippen LogP contribution in [0.5, 0.6) is 0 Å². The number of ketones is 1. The summed E-state index contributed by atoms with van der Waals surface area (Å²) >= 11 is 0. The number of pyridine rings is 1. The highest BCUT2D eigenvalue weighted by atomic mass is 16.5. The van der Waals surface area contributed by atoms with Gasteiger partial charge in [0, 0.05) is 22.7 Å². The molecule has 0 aliphatic carbocycles. The smallest absolute Gasteiger partial charge is 0.249 e.